The molecule has 1 amide bonds. The van der Waals surface area contributed by atoms with Crippen molar-refractivity contribution in [3.05, 3.63) is 5.82 Å². The van der Waals surface area contributed by atoms with Crippen molar-refractivity contribution in [2.24, 2.45) is 18.7 Å². The maximum atomic E-state index is 12.2. The van der Waals surface area contributed by atoms with Crippen molar-refractivity contribution in [3.63, 3.8) is 0 Å². The predicted octanol–water partition coefficient (Wildman–Crippen LogP) is 0.0761. The van der Waals surface area contributed by atoms with Crippen molar-refractivity contribution in [2.45, 2.75) is 44.7 Å². The molecule has 2 rings (SSSR count). The van der Waals surface area contributed by atoms with Gasteiger partial charge in [-0.15, -0.1) is 5.10 Å². The Labute approximate surface area is 113 Å². The summed E-state index contributed by atoms with van der Waals surface area (Å²) >= 11 is 0. The number of aryl methyl sites for hydroxylation is 1. The van der Waals surface area contributed by atoms with Crippen LogP contribution in [-0.2, 0) is 18.4 Å². The largest absolute Gasteiger partial charge is 0.338 e. The number of amides is 1. The Bertz CT molecular complexity index is 432. The molecule has 106 valence electrons. The first kappa shape index (κ1) is 13.9. The van der Waals surface area contributed by atoms with E-state index >= 15 is 0 Å². The number of carbonyl (C=O) groups excluding carboxylic acids is 1. The lowest BCUT2D eigenvalue weighted by atomic mass is 9.83. The van der Waals surface area contributed by atoms with E-state index in [0.29, 0.717) is 24.7 Å². The number of nitrogens with two attached hydrogens (primary N) is 1. The molecule has 0 radical (unpaired) electrons. The van der Waals surface area contributed by atoms with Crippen LogP contribution in [-0.4, -0.2) is 44.1 Å². The zero-order valence-corrected chi connectivity index (χ0v) is 11.6. The molecule has 0 spiro atoms. The zero-order chi connectivity index (χ0) is 13.8. The van der Waals surface area contributed by atoms with Gasteiger partial charge in [0.25, 0.3) is 0 Å². The molecule has 2 N–H and O–H groups in total. The van der Waals surface area contributed by atoms with E-state index in [1.165, 1.54) is 12.8 Å². The normalized spacial score (nSPS) is 23.3. The minimum absolute atomic E-state index is 0.116. The minimum atomic E-state index is 0.116. The highest BCUT2D eigenvalue weighted by molar-refractivity contribution is 5.76. The first-order valence-corrected chi connectivity index (χ1v) is 6.78. The Morgan fingerprint density at radius 1 is 1.47 bits per heavy atom. The predicted molar refractivity (Wildman–Crippen MR) is 69.8 cm³/mol. The molecule has 1 aliphatic carbocycles. The molecule has 7 heteroatoms. The van der Waals surface area contributed by atoms with Crippen LogP contribution in [0.15, 0.2) is 0 Å². The molecule has 1 aromatic heterocycles. The van der Waals surface area contributed by atoms with Gasteiger partial charge in [-0.2, -0.15) is 0 Å². The zero-order valence-electron chi connectivity index (χ0n) is 11.6. The van der Waals surface area contributed by atoms with Crippen LogP contribution in [0.1, 0.15) is 37.9 Å². The molecular weight excluding hydrogens is 244 g/mol. The van der Waals surface area contributed by atoms with E-state index in [1.807, 2.05) is 0 Å². The monoisotopic (exact) mass is 266 g/mol. The number of carbonyl (C=O) groups is 1. The van der Waals surface area contributed by atoms with E-state index < -0.39 is 0 Å². The first-order chi connectivity index (χ1) is 9.08. The maximum Gasteiger partial charge on any atom is 0.223 e. The Hall–Kier alpha value is -1.50. The number of tetrazole rings is 1. The van der Waals surface area contributed by atoms with Gasteiger partial charge in [0, 0.05) is 26.6 Å². The second kappa shape index (κ2) is 6.10. The van der Waals surface area contributed by atoms with E-state index in [9.17, 15) is 4.79 Å². The van der Waals surface area contributed by atoms with Crippen molar-refractivity contribution in [1.82, 2.24) is 25.1 Å². The van der Waals surface area contributed by atoms with Crippen molar-refractivity contribution in [3.8, 4) is 0 Å². The number of hydrogen-bond donors (Lipinski definition) is 1. The summed E-state index contributed by atoms with van der Waals surface area (Å²) in [6, 6.07) is 0.169. The summed E-state index contributed by atoms with van der Waals surface area (Å²) in [6.07, 6.45) is 5.00. The topological polar surface area (TPSA) is 89.9 Å². The highest BCUT2D eigenvalue weighted by atomic mass is 16.2. The van der Waals surface area contributed by atoms with Crippen LogP contribution in [0.5, 0.6) is 0 Å². The van der Waals surface area contributed by atoms with E-state index in [1.54, 1.807) is 23.7 Å². The van der Waals surface area contributed by atoms with Crippen LogP contribution in [0.25, 0.3) is 0 Å². The molecule has 0 aliphatic heterocycles. The lowest BCUT2D eigenvalue weighted by molar-refractivity contribution is -0.132. The summed E-state index contributed by atoms with van der Waals surface area (Å²) in [5.41, 5.74) is 6.08. The molecule has 2 atom stereocenters. The lowest BCUT2D eigenvalue weighted by Gasteiger charge is -2.29. The molecule has 0 saturated heterocycles. The summed E-state index contributed by atoms with van der Waals surface area (Å²) in [5.74, 6) is 1.12. The summed E-state index contributed by atoms with van der Waals surface area (Å²) in [5, 5.41) is 11.2. The van der Waals surface area contributed by atoms with Crippen LogP contribution < -0.4 is 5.73 Å². The van der Waals surface area contributed by atoms with Crippen LogP contribution in [0.2, 0.25) is 0 Å². The van der Waals surface area contributed by atoms with Crippen LogP contribution in [0.3, 0.4) is 0 Å². The summed E-state index contributed by atoms with van der Waals surface area (Å²) in [6.45, 7) is 0.435. The van der Waals surface area contributed by atoms with Gasteiger partial charge in [0.2, 0.25) is 5.91 Å². The highest BCUT2D eigenvalue weighted by Gasteiger charge is 2.25. The second-order valence-electron chi connectivity index (χ2n) is 5.38. The van der Waals surface area contributed by atoms with Gasteiger partial charge in [0.1, 0.15) is 0 Å². The van der Waals surface area contributed by atoms with Gasteiger partial charge in [0.05, 0.1) is 6.54 Å². The van der Waals surface area contributed by atoms with Gasteiger partial charge in [-0.25, -0.2) is 4.68 Å². The van der Waals surface area contributed by atoms with Gasteiger partial charge in [0.15, 0.2) is 5.82 Å². The summed E-state index contributed by atoms with van der Waals surface area (Å²) in [4.78, 5) is 13.9. The number of nitrogens with zero attached hydrogens (tertiary/aromatic N) is 5. The second-order valence-corrected chi connectivity index (χ2v) is 5.38. The number of aromatic nitrogens is 4. The van der Waals surface area contributed by atoms with Crippen LogP contribution >= 0.6 is 0 Å². The third-order valence-corrected chi connectivity index (χ3v) is 3.92. The van der Waals surface area contributed by atoms with E-state index in [0.717, 1.165) is 12.8 Å². The maximum absolute atomic E-state index is 12.2. The SMILES string of the molecule is CN(Cc1nnnn1C)C(=O)C[C@@H]1CCCC[C@@H]1N. The fourth-order valence-electron chi connectivity index (χ4n) is 2.55. The Kier molecular flexibility index (Phi) is 4.47. The summed E-state index contributed by atoms with van der Waals surface area (Å²) in [7, 11) is 3.55. The molecule has 1 aliphatic rings. The van der Waals surface area contributed by atoms with Crippen molar-refractivity contribution >= 4 is 5.91 Å². The smallest absolute Gasteiger partial charge is 0.223 e. The fourth-order valence-corrected chi connectivity index (χ4v) is 2.55. The third kappa shape index (κ3) is 3.50. The van der Waals surface area contributed by atoms with Gasteiger partial charge < -0.3 is 10.6 Å². The van der Waals surface area contributed by atoms with Crippen molar-refractivity contribution < 1.29 is 4.79 Å². The van der Waals surface area contributed by atoms with Crippen LogP contribution in [0.4, 0.5) is 0 Å². The molecule has 1 aromatic rings. The lowest BCUT2D eigenvalue weighted by Crippen LogP contribution is -2.37. The number of hydrogen-bond acceptors (Lipinski definition) is 5. The van der Waals surface area contributed by atoms with Crippen LogP contribution in [0, 0.1) is 5.92 Å². The molecule has 1 saturated carbocycles. The molecule has 19 heavy (non-hydrogen) atoms. The molecule has 7 nitrogen and oxygen atoms in total. The van der Waals surface area contributed by atoms with Gasteiger partial charge in [-0.05, 0) is 29.2 Å². The summed E-state index contributed by atoms with van der Waals surface area (Å²) < 4.78 is 1.58. The molecule has 1 heterocycles. The van der Waals surface area contributed by atoms with E-state index in [4.69, 9.17) is 5.73 Å². The van der Waals surface area contributed by atoms with Gasteiger partial charge in [-0.3, -0.25) is 4.79 Å². The standard InChI is InChI=1S/C12H22N6O/c1-17(8-11-14-15-16-18(11)2)12(19)7-9-5-3-4-6-10(9)13/h9-10H,3-8,13H2,1-2H3/t9-,10-/m0/s1. The Morgan fingerprint density at radius 3 is 2.84 bits per heavy atom. The Balaban J connectivity index is 1.87. The molecule has 0 bridgehead atoms. The van der Waals surface area contributed by atoms with Gasteiger partial charge >= 0.3 is 0 Å². The molecule has 0 aromatic carbocycles. The first-order valence-electron chi connectivity index (χ1n) is 6.78. The highest BCUT2D eigenvalue weighted by Crippen LogP contribution is 2.26. The van der Waals surface area contributed by atoms with E-state index in [-0.39, 0.29) is 11.9 Å². The van der Waals surface area contributed by atoms with E-state index in [2.05, 4.69) is 15.5 Å². The minimum Gasteiger partial charge on any atom is -0.338 e. The third-order valence-electron chi connectivity index (χ3n) is 3.92. The average molecular weight is 266 g/mol. The average Bonchev–Trinajstić information content (AvgIpc) is 2.78. The molecule has 1 fully saturated rings. The number of rotatable bonds is 4. The van der Waals surface area contributed by atoms with Gasteiger partial charge in [-0.1, -0.05) is 12.8 Å². The Morgan fingerprint density at radius 2 is 2.21 bits per heavy atom. The molecule has 0 unspecified atom stereocenters. The quantitative estimate of drug-likeness (QED) is 0.833. The fraction of sp³-hybridized carbons (Fsp3) is 0.833. The van der Waals surface area contributed by atoms with Crippen molar-refractivity contribution in [1.29, 1.82) is 0 Å². The molecular formula is C12H22N6O. The van der Waals surface area contributed by atoms with Crippen molar-refractivity contribution in [2.75, 3.05) is 7.05 Å².